The van der Waals surface area contributed by atoms with E-state index in [2.05, 4.69) is 48.4 Å². The third-order valence-corrected chi connectivity index (χ3v) is 7.40. The molecule has 13 nitrogen and oxygen atoms in total. The minimum atomic E-state index is -0.520. The predicted octanol–water partition coefficient (Wildman–Crippen LogP) is 4.14. The quantitative estimate of drug-likeness (QED) is 0.141. The standard InChI is InChI=1S/C30H31N9O4/c1-36-20-24(22-5-2-3-6-26(22)36)25-9-11-32-29(35-25)34-21-7-8-23(27(19-21)37-15-17-43-18-16-37)28(40)31-10-4-13-38-14-12-33-30(38)39(41)42/h2-3,5-9,11-12,14,19-20H,4,10,13,15-18H2,1H3,(H,31,40)(H,32,34,35). The van der Waals surface area contributed by atoms with Gasteiger partial charge in [0, 0.05) is 61.2 Å². The van der Waals surface area contributed by atoms with Gasteiger partial charge in [0.05, 0.1) is 36.7 Å². The molecule has 1 aliphatic heterocycles. The molecule has 1 fully saturated rings. The van der Waals surface area contributed by atoms with Crippen LogP contribution in [-0.2, 0) is 18.3 Å². The summed E-state index contributed by atoms with van der Waals surface area (Å²) in [5, 5.41) is 18.5. The number of imidazole rings is 1. The summed E-state index contributed by atoms with van der Waals surface area (Å²) in [7, 11) is 2.02. The first-order valence-corrected chi connectivity index (χ1v) is 14.0. The Bertz CT molecular complexity index is 1770. The normalized spacial score (nSPS) is 13.3. The largest absolute Gasteiger partial charge is 0.434 e. The van der Waals surface area contributed by atoms with Crippen molar-refractivity contribution in [1.29, 1.82) is 0 Å². The van der Waals surface area contributed by atoms with E-state index in [1.54, 1.807) is 18.5 Å². The highest BCUT2D eigenvalue weighted by atomic mass is 16.6. The van der Waals surface area contributed by atoms with Crippen LogP contribution >= 0.6 is 0 Å². The van der Waals surface area contributed by atoms with E-state index in [1.807, 2.05) is 37.4 Å². The summed E-state index contributed by atoms with van der Waals surface area (Å²) >= 11 is 0. The Morgan fingerprint density at radius 3 is 2.77 bits per heavy atom. The molecule has 0 spiro atoms. The number of morpholine rings is 1. The van der Waals surface area contributed by atoms with Crippen molar-refractivity contribution >= 4 is 40.1 Å². The van der Waals surface area contributed by atoms with Gasteiger partial charge in [-0.25, -0.2) is 14.5 Å². The highest BCUT2D eigenvalue weighted by Crippen LogP contribution is 2.31. The molecule has 0 aliphatic carbocycles. The summed E-state index contributed by atoms with van der Waals surface area (Å²) in [5.41, 5.74) is 5.01. The van der Waals surface area contributed by atoms with Crippen molar-refractivity contribution in [2.75, 3.05) is 43.1 Å². The molecule has 0 bridgehead atoms. The fraction of sp³-hybridized carbons (Fsp3) is 0.267. The molecule has 2 aromatic carbocycles. The van der Waals surface area contributed by atoms with E-state index in [4.69, 9.17) is 9.72 Å². The maximum absolute atomic E-state index is 13.3. The highest BCUT2D eigenvalue weighted by molar-refractivity contribution is 6.00. The number of para-hydroxylation sites is 1. The lowest BCUT2D eigenvalue weighted by molar-refractivity contribution is -0.396. The second kappa shape index (κ2) is 12.3. The molecule has 0 saturated carbocycles. The number of hydrogen-bond donors (Lipinski definition) is 2. The Labute approximate surface area is 247 Å². The first-order chi connectivity index (χ1) is 21.0. The number of fused-ring (bicyclic) bond motifs is 1. The molecular weight excluding hydrogens is 550 g/mol. The number of aryl methyl sites for hydroxylation is 2. The van der Waals surface area contributed by atoms with Crippen molar-refractivity contribution in [2.24, 2.45) is 7.05 Å². The molecule has 4 heterocycles. The topological polar surface area (TPSA) is 145 Å². The van der Waals surface area contributed by atoms with Crippen LogP contribution in [-0.4, -0.2) is 67.8 Å². The fourth-order valence-electron chi connectivity index (χ4n) is 5.31. The summed E-state index contributed by atoms with van der Waals surface area (Å²) in [4.78, 5) is 39.0. The van der Waals surface area contributed by atoms with Gasteiger partial charge in [-0.1, -0.05) is 23.2 Å². The van der Waals surface area contributed by atoms with Gasteiger partial charge in [-0.05, 0) is 41.7 Å². The van der Waals surface area contributed by atoms with Gasteiger partial charge in [-0.2, -0.15) is 0 Å². The van der Waals surface area contributed by atoms with Crippen molar-refractivity contribution in [1.82, 2.24) is 29.4 Å². The van der Waals surface area contributed by atoms with Gasteiger partial charge >= 0.3 is 5.95 Å². The van der Waals surface area contributed by atoms with Crippen LogP contribution in [0, 0.1) is 10.1 Å². The minimum absolute atomic E-state index is 0.212. The van der Waals surface area contributed by atoms with Crippen LogP contribution < -0.4 is 15.5 Å². The van der Waals surface area contributed by atoms with Crippen LogP contribution in [0.25, 0.3) is 22.2 Å². The van der Waals surface area contributed by atoms with Crippen molar-refractivity contribution in [2.45, 2.75) is 13.0 Å². The molecule has 1 amide bonds. The first-order valence-electron chi connectivity index (χ1n) is 14.0. The lowest BCUT2D eigenvalue weighted by Crippen LogP contribution is -2.38. The van der Waals surface area contributed by atoms with Crippen LogP contribution in [0.1, 0.15) is 16.8 Å². The average molecular weight is 582 g/mol. The highest BCUT2D eigenvalue weighted by Gasteiger charge is 2.20. The maximum Gasteiger partial charge on any atom is 0.434 e. The maximum atomic E-state index is 13.3. The number of nitro groups is 1. The predicted molar refractivity (Wildman–Crippen MR) is 163 cm³/mol. The van der Waals surface area contributed by atoms with E-state index in [-0.39, 0.29) is 11.9 Å². The lowest BCUT2D eigenvalue weighted by atomic mass is 10.1. The zero-order valence-electron chi connectivity index (χ0n) is 23.6. The molecule has 0 radical (unpaired) electrons. The van der Waals surface area contributed by atoms with E-state index in [9.17, 15) is 14.9 Å². The van der Waals surface area contributed by atoms with E-state index in [1.165, 1.54) is 10.8 Å². The molecule has 1 saturated heterocycles. The smallest absolute Gasteiger partial charge is 0.390 e. The molecular formula is C30H31N9O4. The Kier molecular flexibility index (Phi) is 7.96. The summed E-state index contributed by atoms with van der Waals surface area (Å²) in [6.07, 6.45) is 7.27. The number of ether oxygens (including phenoxy) is 1. The number of amides is 1. The van der Waals surface area contributed by atoms with Crippen molar-refractivity contribution in [3.63, 3.8) is 0 Å². The molecule has 0 atom stereocenters. The molecule has 220 valence electrons. The monoisotopic (exact) mass is 581 g/mol. The van der Waals surface area contributed by atoms with Crippen LogP contribution in [0.15, 0.2) is 73.3 Å². The van der Waals surface area contributed by atoms with Crippen LogP contribution in [0.5, 0.6) is 0 Å². The fourth-order valence-corrected chi connectivity index (χ4v) is 5.31. The van der Waals surface area contributed by atoms with Gasteiger partial charge in [0.2, 0.25) is 5.95 Å². The van der Waals surface area contributed by atoms with Crippen LogP contribution in [0.4, 0.5) is 23.3 Å². The van der Waals surface area contributed by atoms with Gasteiger partial charge in [0.15, 0.2) is 0 Å². The van der Waals surface area contributed by atoms with Gasteiger partial charge in [-0.3, -0.25) is 4.79 Å². The lowest BCUT2D eigenvalue weighted by Gasteiger charge is -2.30. The summed E-state index contributed by atoms with van der Waals surface area (Å²) in [6.45, 7) is 3.17. The second-order valence-electron chi connectivity index (χ2n) is 10.2. The molecule has 1 aliphatic rings. The number of aromatic nitrogens is 5. The third-order valence-electron chi connectivity index (χ3n) is 7.40. The molecule has 3 aromatic heterocycles. The number of carbonyl (C=O) groups excluding carboxylic acids is 1. The van der Waals surface area contributed by atoms with E-state index < -0.39 is 4.92 Å². The number of anilines is 3. The summed E-state index contributed by atoms with van der Waals surface area (Å²) in [5.74, 6) is 0.0159. The van der Waals surface area contributed by atoms with Gasteiger partial charge in [0.1, 0.15) is 12.4 Å². The summed E-state index contributed by atoms with van der Waals surface area (Å²) < 4.78 is 9.09. The molecule has 43 heavy (non-hydrogen) atoms. The Hall–Kier alpha value is -5.30. The zero-order chi connectivity index (χ0) is 29.8. The second-order valence-corrected chi connectivity index (χ2v) is 10.2. The van der Waals surface area contributed by atoms with Gasteiger partial charge in [-0.15, -0.1) is 0 Å². The van der Waals surface area contributed by atoms with Gasteiger partial charge < -0.3 is 35.0 Å². The zero-order valence-corrected chi connectivity index (χ0v) is 23.6. The molecule has 13 heteroatoms. The Morgan fingerprint density at radius 1 is 1.09 bits per heavy atom. The van der Waals surface area contributed by atoms with Crippen molar-refractivity contribution < 1.29 is 14.5 Å². The Balaban J connectivity index is 1.19. The number of nitrogens with one attached hydrogen (secondary N) is 2. The number of hydrogen-bond acceptors (Lipinski definition) is 9. The average Bonchev–Trinajstić information content (AvgIpc) is 3.64. The van der Waals surface area contributed by atoms with Crippen LogP contribution in [0.2, 0.25) is 0 Å². The van der Waals surface area contributed by atoms with Crippen LogP contribution in [0.3, 0.4) is 0 Å². The van der Waals surface area contributed by atoms with E-state index in [0.717, 1.165) is 33.5 Å². The number of benzene rings is 2. The minimum Gasteiger partial charge on any atom is -0.390 e. The molecule has 2 N–H and O–H groups in total. The first kappa shape index (κ1) is 27.8. The third kappa shape index (κ3) is 6.02. The molecule has 6 rings (SSSR count). The van der Waals surface area contributed by atoms with Crippen molar-refractivity contribution in [3.8, 4) is 11.3 Å². The number of carbonyl (C=O) groups is 1. The Morgan fingerprint density at radius 2 is 1.93 bits per heavy atom. The molecule has 0 unspecified atom stereocenters. The number of nitrogens with zero attached hydrogens (tertiary/aromatic N) is 7. The van der Waals surface area contributed by atoms with Gasteiger partial charge in [0.25, 0.3) is 5.91 Å². The summed E-state index contributed by atoms with van der Waals surface area (Å²) in [6, 6.07) is 15.6. The number of rotatable bonds is 10. The molecule has 5 aromatic rings. The van der Waals surface area contributed by atoms with E-state index in [0.29, 0.717) is 57.3 Å². The SMILES string of the molecule is Cn1cc(-c2ccnc(Nc3ccc(C(=O)NCCCn4ccnc4[N+](=O)[O-])c(N4CCOCC4)c3)n2)c2ccccc21. The van der Waals surface area contributed by atoms with Crippen molar-refractivity contribution in [3.05, 3.63) is 89.0 Å². The van der Waals surface area contributed by atoms with E-state index >= 15 is 0 Å².